The molecule has 0 aliphatic heterocycles. The van der Waals surface area contributed by atoms with Crippen molar-refractivity contribution in [3.8, 4) is 0 Å². The van der Waals surface area contributed by atoms with Crippen LogP contribution in [0.5, 0.6) is 0 Å². The summed E-state index contributed by atoms with van der Waals surface area (Å²) in [7, 11) is 1.80. The average Bonchev–Trinajstić information content (AvgIpc) is 2.86. The third-order valence-corrected chi connectivity index (χ3v) is 2.73. The number of hydrogen-bond donors (Lipinski definition) is 1. The molecule has 0 atom stereocenters. The molecule has 0 bridgehead atoms. The van der Waals surface area contributed by atoms with Gasteiger partial charge in [0.05, 0.1) is 5.52 Å². The van der Waals surface area contributed by atoms with Crippen molar-refractivity contribution < 1.29 is 0 Å². The highest BCUT2D eigenvalue weighted by atomic mass is 15.5. The highest BCUT2D eigenvalue weighted by Crippen LogP contribution is 2.10. The largest absolute Gasteiger partial charge is 0.344 e. The summed E-state index contributed by atoms with van der Waals surface area (Å²) in [5.74, 6) is 0.245. The molecule has 2 rings (SSSR count). The number of fused-ring (bicyclic) bond motifs is 1. The second-order valence-corrected chi connectivity index (χ2v) is 4.04. The predicted molar refractivity (Wildman–Crippen MR) is 71.9 cm³/mol. The van der Waals surface area contributed by atoms with E-state index in [-0.39, 0.29) is 5.96 Å². The van der Waals surface area contributed by atoms with Gasteiger partial charge in [-0.05, 0) is 24.1 Å². The second-order valence-electron chi connectivity index (χ2n) is 4.04. The van der Waals surface area contributed by atoms with Crippen LogP contribution in [0.1, 0.15) is 6.42 Å². The molecule has 0 saturated heterocycles. The maximum atomic E-state index is 8.19. The summed E-state index contributed by atoms with van der Waals surface area (Å²) in [5, 5.41) is 19.6. The zero-order chi connectivity index (χ0) is 13.7. The van der Waals surface area contributed by atoms with E-state index in [1.54, 1.807) is 11.9 Å². The lowest BCUT2D eigenvalue weighted by Gasteiger charge is -2.18. The molecule has 19 heavy (non-hydrogen) atoms. The summed E-state index contributed by atoms with van der Waals surface area (Å²) >= 11 is 0. The lowest BCUT2D eigenvalue weighted by atomic mass is 10.3. The first-order chi connectivity index (χ1) is 9.24. The van der Waals surface area contributed by atoms with Gasteiger partial charge < -0.3 is 4.90 Å². The van der Waals surface area contributed by atoms with E-state index in [1.165, 1.54) is 4.68 Å². The van der Waals surface area contributed by atoms with Crippen LogP contribution >= 0.6 is 0 Å². The Bertz CT molecular complexity index is 624. The van der Waals surface area contributed by atoms with Crippen molar-refractivity contribution in [2.75, 3.05) is 20.1 Å². The molecule has 0 aliphatic carbocycles. The van der Waals surface area contributed by atoms with Gasteiger partial charge in [0.2, 0.25) is 5.96 Å². The van der Waals surface area contributed by atoms with Crippen LogP contribution in [0.3, 0.4) is 0 Å². The molecule has 1 aromatic heterocycles. The number of benzene rings is 1. The monoisotopic (exact) mass is 258 g/mol. The van der Waals surface area contributed by atoms with Gasteiger partial charge in [0.1, 0.15) is 5.52 Å². The van der Waals surface area contributed by atoms with Crippen LogP contribution in [-0.2, 0) is 0 Å². The summed E-state index contributed by atoms with van der Waals surface area (Å²) in [6.45, 7) is 1.04. The fraction of sp³-hybridized carbons (Fsp3) is 0.364. The van der Waals surface area contributed by atoms with E-state index >= 15 is 0 Å². The zero-order valence-electron chi connectivity index (χ0n) is 10.6. The Kier molecular flexibility index (Phi) is 3.94. The number of nitrogens with zero attached hydrogens (tertiary/aromatic N) is 7. The Morgan fingerprint density at radius 1 is 1.53 bits per heavy atom. The molecule has 2 aromatic rings. The van der Waals surface area contributed by atoms with Gasteiger partial charge in [-0.25, -0.2) is 0 Å². The van der Waals surface area contributed by atoms with Crippen molar-refractivity contribution in [1.29, 1.82) is 5.41 Å². The Morgan fingerprint density at radius 3 is 3.11 bits per heavy atom. The molecule has 8 nitrogen and oxygen atoms in total. The molecule has 1 heterocycles. The Balaban J connectivity index is 2.08. The highest BCUT2D eigenvalue weighted by Gasteiger charge is 2.11. The minimum absolute atomic E-state index is 0.245. The van der Waals surface area contributed by atoms with E-state index in [0.29, 0.717) is 19.5 Å². The molecule has 0 saturated carbocycles. The molecule has 0 spiro atoms. The van der Waals surface area contributed by atoms with Crippen LogP contribution in [0.25, 0.3) is 21.5 Å². The Morgan fingerprint density at radius 2 is 2.32 bits per heavy atom. The van der Waals surface area contributed by atoms with Gasteiger partial charge in [-0.2, -0.15) is 4.68 Å². The van der Waals surface area contributed by atoms with E-state index in [9.17, 15) is 0 Å². The van der Waals surface area contributed by atoms with E-state index < -0.39 is 0 Å². The van der Waals surface area contributed by atoms with Gasteiger partial charge in [0.25, 0.3) is 0 Å². The van der Waals surface area contributed by atoms with E-state index in [2.05, 4.69) is 20.3 Å². The van der Waals surface area contributed by atoms with Gasteiger partial charge in [0.15, 0.2) is 0 Å². The Hall–Kier alpha value is -2.60. The topological polar surface area (TPSA) is 107 Å². The van der Waals surface area contributed by atoms with E-state index in [4.69, 9.17) is 10.9 Å². The van der Waals surface area contributed by atoms with Crippen LogP contribution < -0.4 is 0 Å². The molecule has 0 amide bonds. The molecular weight excluding hydrogens is 244 g/mol. The molecular formula is C11H14N8. The van der Waals surface area contributed by atoms with Gasteiger partial charge in [-0.3, -0.25) is 5.41 Å². The van der Waals surface area contributed by atoms with E-state index in [1.807, 2.05) is 24.3 Å². The maximum absolute atomic E-state index is 8.19. The standard InChI is InChI=1S/C11H14N8/c1-18(8-4-7-14-16-13)11(12)19-10-6-3-2-5-9(10)15-17-19/h2-3,5-6,12H,4,7-8H2,1H3. The lowest BCUT2D eigenvalue weighted by Crippen LogP contribution is -2.33. The van der Waals surface area contributed by atoms with Crippen molar-refractivity contribution in [1.82, 2.24) is 19.9 Å². The summed E-state index contributed by atoms with van der Waals surface area (Å²) in [6.07, 6.45) is 0.690. The normalized spacial score (nSPS) is 10.2. The third kappa shape index (κ3) is 2.80. The van der Waals surface area contributed by atoms with Crippen LogP contribution in [0, 0.1) is 5.41 Å². The van der Waals surface area contributed by atoms with Crippen molar-refractivity contribution >= 4 is 17.0 Å². The quantitative estimate of drug-likeness (QED) is 0.226. The van der Waals surface area contributed by atoms with Crippen LogP contribution in [0.2, 0.25) is 0 Å². The lowest BCUT2D eigenvalue weighted by molar-refractivity contribution is 0.467. The third-order valence-electron chi connectivity index (χ3n) is 2.73. The maximum Gasteiger partial charge on any atom is 0.220 e. The molecule has 0 fully saturated rings. The summed E-state index contributed by atoms with van der Waals surface area (Å²) in [5.41, 5.74) is 9.75. The number of azide groups is 1. The molecule has 1 N–H and O–H groups in total. The number of rotatable bonds is 4. The minimum Gasteiger partial charge on any atom is -0.344 e. The van der Waals surface area contributed by atoms with Gasteiger partial charge in [-0.1, -0.05) is 22.5 Å². The van der Waals surface area contributed by atoms with Gasteiger partial charge >= 0.3 is 0 Å². The predicted octanol–water partition coefficient (Wildman–Crippen LogP) is 1.85. The van der Waals surface area contributed by atoms with Crippen LogP contribution in [0.4, 0.5) is 0 Å². The van der Waals surface area contributed by atoms with Crippen molar-refractivity contribution in [2.24, 2.45) is 5.11 Å². The van der Waals surface area contributed by atoms with Gasteiger partial charge in [0, 0.05) is 25.0 Å². The van der Waals surface area contributed by atoms with E-state index in [0.717, 1.165) is 11.0 Å². The first-order valence-electron chi connectivity index (χ1n) is 5.85. The summed E-state index contributed by atoms with van der Waals surface area (Å²) < 4.78 is 1.49. The molecule has 0 aliphatic rings. The summed E-state index contributed by atoms with van der Waals surface area (Å²) in [4.78, 5) is 4.44. The van der Waals surface area contributed by atoms with Crippen LogP contribution in [-0.4, -0.2) is 46.0 Å². The second kappa shape index (κ2) is 5.83. The molecule has 98 valence electrons. The minimum atomic E-state index is 0.245. The molecule has 8 heteroatoms. The molecule has 0 radical (unpaired) electrons. The number of hydrogen-bond acceptors (Lipinski definition) is 4. The molecule has 0 unspecified atom stereocenters. The van der Waals surface area contributed by atoms with Gasteiger partial charge in [-0.15, -0.1) is 5.10 Å². The van der Waals surface area contributed by atoms with Crippen LogP contribution in [0.15, 0.2) is 29.4 Å². The fourth-order valence-electron chi connectivity index (χ4n) is 1.72. The Labute approximate surface area is 109 Å². The smallest absolute Gasteiger partial charge is 0.220 e. The zero-order valence-corrected chi connectivity index (χ0v) is 10.6. The number of aromatic nitrogens is 3. The highest BCUT2D eigenvalue weighted by molar-refractivity contribution is 5.88. The first-order valence-corrected chi connectivity index (χ1v) is 5.85. The fourth-order valence-corrected chi connectivity index (χ4v) is 1.72. The SMILES string of the molecule is CN(CCCN=[N+]=[N-])C(=N)n1nnc2ccccc21. The van der Waals surface area contributed by atoms with Crippen molar-refractivity contribution in [3.05, 3.63) is 34.7 Å². The van der Waals surface area contributed by atoms with Crippen molar-refractivity contribution in [2.45, 2.75) is 6.42 Å². The summed E-state index contributed by atoms with van der Waals surface area (Å²) in [6, 6.07) is 7.50. The first kappa shape index (κ1) is 12.8. The van der Waals surface area contributed by atoms with Crippen molar-refractivity contribution in [3.63, 3.8) is 0 Å². The molecule has 1 aromatic carbocycles. The number of para-hydroxylation sites is 1. The number of nitrogens with one attached hydrogen (secondary N) is 1. The average molecular weight is 258 g/mol.